The van der Waals surface area contributed by atoms with E-state index in [1.165, 1.54) is 16.2 Å². The number of ether oxygens (including phenoxy) is 1. The van der Waals surface area contributed by atoms with Crippen molar-refractivity contribution in [2.75, 3.05) is 11.5 Å². The van der Waals surface area contributed by atoms with Crippen molar-refractivity contribution in [2.24, 2.45) is 0 Å². The highest BCUT2D eigenvalue weighted by molar-refractivity contribution is 7.15. The first kappa shape index (κ1) is 20.4. The number of aromatic nitrogens is 2. The number of aryl methyl sites for hydroxylation is 2. The Kier molecular flexibility index (Phi) is 5.01. The predicted octanol–water partition coefficient (Wildman–Crippen LogP) is 4.66. The molecule has 4 aromatic rings. The highest BCUT2D eigenvalue weighted by Gasteiger charge is 2.45. The van der Waals surface area contributed by atoms with Crippen LogP contribution in [0.15, 0.2) is 51.7 Å². The Hall–Kier alpha value is -3.52. The van der Waals surface area contributed by atoms with Crippen LogP contribution in [0.5, 0.6) is 5.75 Å². The van der Waals surface area contributed by atoms with Gasteiger partial charge in [-0.2, -0.15) is 0 Å². The summed E-state index contributed by atoms with van der Waals surface area (Å²) < 4.78 is 11.7. The minimum Gasteiger partial charge on any atom is -0.494 e. The third kappa shape index (κ3) is 3.18. The van der Waals surface area contributed by atoms with Gasteiger partial charge in [-0.25, -0.2) is 0 Å². The van der Waals surface area contributed by atoms with Gasteiger partial charge in [0.1, 0.15) is 16.3 Å². The summed E-state index contributed by atoms with van der Waals surface area (Å²) in [7, 11) is 0. The van der Waals surface area contributed by atoms with Crippen LogP contribution in [0, 0.1) is 6.92 Å². The monoisotopic (exact) mass is 447 g/mol. The van der Waals surface area contributed by atoms with E-state index in [1.807, 2.05) is 51.1 Å². The number of fused-ring (bicyclic) bond motifs is 2. The zero-order valence-corrected chi connectivity index (χ0v) is 18.7. The second-order valence-electron chi connectivity index (χ2n) is 7.59. The summed E-state index contributed by atoms with van der Waals surface area (Å²) in [4.78, 5) is 28.7. The van der Waals surface area contributed by atoms with E-state index < -0.39 is 11.9 Å². The highest BCUT2D eigenvalue weighted by Crippen LogP contribution is 2.42. The standard InChI is InChI=1S/C24H21N3O4S/c1-4-18-25-26-24(32-18)27-20(14-7-6-8-15(12-14)30-5-2)19-21(28)16-11-13(3)9-10-17(16)31-22(19)23(27)29/h6-12,20H,4-5H2,1-3H3/t20-/m1/s1. The minimum absolute atomic E-state index is 0.0476. The molecule has 0 radical (unpaired) electrons. The van der Waals surface area contributed by atoms with Crippen molar-refractivity contribution >= 4 is 33.3 Å². The zero-order valence-electron chi connectivity index (χ0n) is 17.9. The van der Waals surface area contributed by atoms with Crippen molar-refractivity contribution in [3.05, 3.63) is 80.1 Å². The third-order valence-electron chi connectivity index (χ3n) is 5.48. The van der Waals surface area contributed by atoms with Crippen molar-refractivity contribution in [2.45, 2.75) is 33.2 Å². The molecule has 0 fully saturated rings. The van der Waals surface area contributed by atoms with Gasteiger partial charge >= 0.3 is 0 Å². The largest absolute Gasteiger partial charge is 0.494 e. The molecule has 1 amide bonds. The number of amides is 1. The number of nitrogens with zero attached hydrogens (tertiary/aromatic N) is 3. The summed E-state index contributed by atoms with van der Waals surface area (Å²) in [6.07, 6.45) is 0.706. The van der Waals surface area contributed by atoms with Gasteiger partial charge in [-0.1, -0.05) is 42.0 Å². The smallest absolute Gasteiger partial charge is 0.297 e. The van der Waals surface area contributed by atoms with Crippen molar-refractivity contribution < 1.29 is 13.9 Å². The first-order chi connectivity index (χ1) is 15.5. The molecule has 0 saturated heterocycles. The minimum atomic E-state index is -0.684. The maximum Gasteiger partial charge on any atom is 0.297 e. The van der Waals surface area contributed by atoms with Crippen LogP contribution in [-0.2, 0) is 6.42 Å². The molecular formula is C24H21N3O4S. The van der Waals surface area contributed by atoms with Crippen molar-refractivity contribution in [3.63, 3.8) is 0 Å². The molecule has 2 aromatic carbocycles. The van der Waals surface area contributed by atoms with E-state index in [0.717, 1.165) is 16.1 Å². The molecule has 0 saturated carbocycles. The highest BCUT2D eigenvalue weighted by atomic mass is 32.1. The second-order valence-corrected chi connectivity index (χ2v) is 8.63. The molecule has 0 spiro atoms. The average molecular weight is 448 g/mol. The van der Waals surface area contributed by atoms with Gasteiger partial charge in [-0.15, -0.1) is 10.2 Å². The molecule has 1 aliphatic heterocycles. The first-order valence-electron chi connectivity index (χ1n) is 10.5. The number of hydrogen-bond acceptors (Lipinski definition) is 7. The number of rotatable bonds is 5. The molecule has 0 unspecified atom stereocenters. The lowest BCUT2D eigenvalue weighted by Gasteiger charge is -2.22. The lowest BCUT2D eigenvalue weighted by atomic mass is 9.98. The normalized spacial score (nSPS) is 15.4. The van der Waals surface area contributed by atoms with E-state index >= 15 is 0 Å². The lowest BCUT2D eigenvalue weighted by Crippen LogP contribution is -2.29. The molecule has 162 valence electrons. The topological polar surface area (TPSA) is 85.5 Å². The van der Waals surface area contributed by atoms with E-state index in [4.69, 9.17) is 9.15 Å². The molecule has 8 heteroatoms. The second kappa shape index (κ2) is 7.87. The Morgan fingerprint density at radius 1 is 1.12 bits per heavy atom. The van der Waals surface area contributed by atoms with Crippen LogP contribution < -0.4 is 15.1 Å². The molecule has 0 bridgehead atoms. The van der Waals surface area contributed by atoms with Crippen LogP contribution in [0.25, 0.3) is 11.0 Å². The predicted molar refractivity (Wildman–Crippen MR) is 123 cm³/mol. The van der Waals surface area contributed by atoms with Gasteiger partial charge in [0.05, 0.1) is 23.6 Å². The van der Waals surface area contributed by atoms with Gasteiger partial charge in [0, 0.05) is 0 Å². The van der Waals surface area contributed by atoms with Gasteiger partial charge < -0.3 is 9.15 Å². The fraction of sp³-hybridized carbons (Fsp3) is 0.250. The summed E-state index contributed by atoms with van der Waals surface area (Å²) in [6.45, 7) is 6.31. The Morgan fingerprint density at radius 2 is 1.97 bits per heavy atom. The molecule has 32 heavy (non-hydrogen) atoms. The average Bonchev–Trinajstić information content (AvgIpc) is 3.37. The molecule has 2 aromatic heterocycles. The van der Waals surface area contributed by atoms with Gasteiger partial charge in [0.2, 0.25) is 10.9 Å². The quantitative estimate of drug-likeness (QED) is 0.442. The van der Waals surface area contributed by atoms with Crippen LogP contribution in [0.1, 0.15) is 52.1 Å². The molecule has 1 atom stereocenters. The number of carbonyl (C=O) groups is 1. The lowest BCUT2D eigenvalue weighted by molar-refractivity contribution is 0.0970. The van der Waals surface area contributed by atoms with Crippen LogP contribution in [0.4, 0.5) is 5.13 Å². The van der Waals surface area contributed by atoms with Crippen molar-refractivity contribution in [3.8, 4) is 5.75 Å². The van der Waals surface area contributed by atoms with E-state index in [-0.39, 0.29) is 11.2 Å². The van der Waals surface area contributed by atoms with E-state index in [9.17, 15) is 9.59 Å². The Balaban J connectivity index is 1.78. The summed E-state index contributed by atoms with van der Waals surface area (Å²) in [5, 5.41) is 10.1. The molecule has 0 aliphatic carbocycles. The van der Waals surface area contributed by atoms with Crippen molar-refractivity contribution in [1.82, 2.24) is 10.2 Å². The third-order valence-corrected chi connectivity index (χ3v) is 6.54. The summed E-state index contributed by atoms with van der Waals surface area (Å²) in [6, 6.07) is 12.1. The molecule has 5 rings (SSSR count). The number of carbonyl (C=O) groups excluding carboxylic acids is 1. The van der Waals surface area contributed by atoms with E-state index in [0.29, 0.717) is 40.4 Å². The van der Waals surface area contributed by atoms with Crippen molar-refractivity contribution in [1.29, 1.82) is 0 Å². The van der Waals surface area contributed by atoms with Gasteiger partial charge in [0.15, 0.2) is 5.43 Å². The molecule has 1 aliphatic rings. The van der Waals surface area contributed by atoms with Crippen LogP contribution >= 0.6 is 11.3 Å². The molecule has 7 nitrogen and oxygen atoms in total. The Morgan fingerprint density at radius 3 is 2.72 bits per heavy atom. The fourth-order valence-corrected chi connectivity index (χ4v) is 4.83. The number of benzene rings is 2. The SMILES string of the molecule is CCOc1cccc([C@@H]2c3c(oc4ccc(C)cc4c3=O)C(=O)N2c2nnc(CC)s2)c1. The molecule has 0 N–H and O–H groups in total. The van der Waals surface area contributed by atoms with E-state index in [1.54, 1.807) is 12.1 Å². The maximum atomic E-state index is 13.6. The first-order valence-corrected chi connectivity index (χ1v) is 11.3. The Bertz CT molecular complexity index is 1410. The summed E-state index contributed by atoms with van der Waals surface area (Å²) in [5.41, 5.74) is 2.18. The number of hydrogen-bond donors (Lipinski definition) is 0. The molecular weight excluding hydrogens is 426 g/mol. The van der Waals surface area contributed by atoms with Gasteiger partial charge in [-0.05, 0) is 50.1 Å². The summed E-state index contributed by atoms with van der Waals surface area (Å²) >= 11 is 1.34. The Labute approximate surface area is 188 Å². The zero-order chi connectivity index (χ0) is 22.4. The van der Waals surface area contributed by atoms with Gasteiger partial charge in [0.25, 0.3) is 5.91 Å². The number of anilines is 1. The van der Waals surface area contributed by atoms with Crippen LogP contribution in [0.2, 0.25) is 0 Å². The maximum absolute atomic E-state index is 13.6. The van der Waals surface area contributed by atoms with Gasteiger partial charge in [-0.3, -0.25) is 14.5 Å². The van der Waals surface area contributed by atoms with E-state index in [2.05, 4.69) is 10.2 Å². The van der Waals surface area contributed by atoms with Crippen LogP contribution in [-0.4, -0.2) is 22.7 Å². The fourth-order valence-electron chi connectivity index (χ4n) is 4.03. The molecule has 3 heterocycles. The summed E-state index contributed by atoms with van der Waals surface area (Å²) in [5.74, 6) is 0.315. The van der Waals surface area contributed by atoms with Crippen LogP contribution in [0.3, 0.4) is 0 Å².